The summed E-state index contributed by atoms with van der Waals surface area (Å²) in [5.41, 5.74) is 0.592. The third kappa shape index (κ3) is 2.44. The number of hydrogen-bond acceptors (Lipinski definition) is 1. The lowest BCUT2D eigenvalue weighted by Gasteiger charge is -2.13. The quantitative estimate of drug-likeness (QED) is 0.724. The van der Waals surface area contributed by atoms with Crippen LogP contribution in [0.5, 0.6) is 5.75 Å². The molecule has 0 radical (unpaired) electrons. The van der Waals surface area contributed by atoms with E-state index < -0.39 is 6.67 Å². The minimum absolute atomic E-state index is 0.327. The molecule has 0 saturated carbocycles. The van der Waals surface area contributed by atoms with Crippen LogP contribution in [0, 0.1) is 5.82 Å². The standard InChI is InChI=1S/C11H14F2O/c1-3-14-11-5-4-9(13)6-10(11)8(2)7-12/h4-6,8H,3,7H2,1-2H3. The first-order chi connectivity index (χ1) is 6.69. The van der Waals surface area contributed by atoms with Crippen LogP contribution in [0.3, 0.4) is 0 Å². The van der Waals surface area contributed by atoms with Crippen molar-refractivity contribution in [3.63, 3.8) is 0 Å². The first-order valence-electron chi connectivity index (χ1n) is 4.67. The molecule has 1 unspecified atom stereocenters. The van der Waals surface area contributed by atoms with Gasteiger partial charge in [-0.3, -0.25) is 4.39 Å². The molecule has 1 aromatic carbocycles. The van der Waals surface area contributed by atoms with Gasteiger partial charge in [0.15, 0.2) is 0 Å². The Balaban J connectivity index is 3.02. The molecular weight excluding hydrogens is 186 g/mol. The van der Waals surface area contributed by atoms with Crippen LogP contribution in [0.15, 0.2) is 18.2 Å². The molecule has 0 bridgehead atoms. The first-order valence-corrected chi connectivity index (χ1v) is 4.67. The number of benzene rings is 1. The monoisotopic (exact) mass is 200 g/mol. The topological polar surface area (TPSA) is 9.23 Å². The molecule has 0 aromatic heterocycles. The van der Waals surface area contributed by atoms with Crippen LogP contribution in [0.25, 0.3) is 0 Å². The van der Waals surface area contributed by atoms with Gasteiger partial charge in [-0.25, -0.2) is 4.39 Å². The highest BCUT2D eigenvalue weighted by atomic mass is 19.1. The zero-order chi connectivity index (χ0) is 10.6. The maximum Gasteiger partial charge on any atom is 0.123 e. The average Bonchev–Trinajstić information content (AvgIpc) is 2.20. The smallest absolute Gasteiger partial charge is 0.123 e. The molecule has 14 heavy (non-hydrogen) atoms. The number of rotatable bonds is 4. The van der Waals surface area contributed by atoms with Crippen LogP contribution in [0.4, 0.5) is 8.78 Å². The predicted octanol–water partition coefficient (Wildman–Crippen LogP) is 3.30. The van der Waals surface area contributed by atoms with Crippen LogP contribution in [-0.2, 0) is 0 Å². The fourth-order valence-corrected chi connectivity index (χ4v) is 1.27. The Kier molecular flexibility index (Phi) is 3.86. The first kappa shape index (κ1) is 11.0. The summed E-state index contributed by atoms with van der Waals surface area (Å²) in [4.78, 5) is 0. The van der Waals surface area contributed by atoms with Crippen molar-refractivity contribution < 1.29 is 13.5 Å². The molecule has 78 valence electrons. The van der Waals surface area contributed by atoms with E-state index in [1.807, 2.05) is 6.92 Å². The minimum atomic E-state index is -0.510. The van der Waals surface area contributed by atoms with Gasteiger partial charge in [0.2, 0.25) is 0 Å². The molecule has 1 aromatic rings. The van der Waals surface area contributed by atoms with Gasteiger partial charge < -0.3 is 4.74 Å². The largest absolute Gasteiger partial charge is 0.494 e. The third-order valence-corrected chi connectivity index (χ3v) is 2.03. The zero-order valence-electron chi connectivity index (χ0n) is 8.39. The van der Waals surface area contributed by atoms with Crippen LogP contribution in [-0.4, -0.2) is 13.3 Å². The van der Waals surface area contributed by atoms with Gasteiger partial charge in [-0.05, 0) is 25.1 Å². The molecule has 0 amide bonds. The lowest BCUT2D eigenvalue weighted by atomic mass is 10.0. The maximum absolute atomic E-state index is 12.9. The summed E-state index contributed by atoms with van der Waals surface area (Å²) in [6, 6.07) is 4.19. The minimum Gasteiger partial charge on any atom is -0.494 e. The zero-order valence-corrected chi connectivity index (χ0v) is 8.39. The molecule has 1 rings (SSSR count). The van der Waals surface area contributed by atoms with E-state index in [9.17, 15) is 8.78 Å². The summed E-state index contributed by atoms with van der Waals surface area (Å²) < 4.78 is 30.6. The van der Waals surface area contributed by atoms with Gasteiger partial charge in [-0.1, -0.05) is 6.92 Å². The van der Waals surface area contributed by atoms with E-state index in [0.717, 1.165) is 0 Å². The second-order valence-corrected chi connectivity index (χ2v) is 3.17. The molecule has 0 fully saturated rings. The highest BCUT2D eigenvalue weighted by Gasteiger charge is 2.12. The second-order valence-electron chi connectivity index (χ2n) is 3.17. The van der Waals surface area contributed by atoms with Crippen LogP contribution < -0.4 is 4.74 Å². The molecule has 0 N–H and O–H groups in total. The summed E-state index contributed by atoms with van der Waals surface area (Å²) in [5.74, 6) is -0.116. The predicted molar refractivity (Wildman–Crippen MR) is 52.0 cm³/mol. The Hall–Kier alpha value is -1.12. The van der Waals surface area contributed by atoms with Crippen LogP contribution in [0.1, 0.15) is 25.3 Å². The van der Waals surface area contributed by atoms with E-state index in [1.54, 1.807) is 13.0 Å². The Bertz CT molecular complexity index is 299. The van der Waals surface area contributed by atoms with Crippen molar-refractivity contribution in [3.05, 3.63) is 29.6 Å². The van der Waals surface area contributed by atoms with E-state index in [1.165, 1.54) is 12.1 Å². The molecule has 0 heterocycles. The van der Waals surface area contributed by atoms with Crippen LogP contribution >= 0.6 is 0 Å². The van der Waals surface area contributed by atoms with Crippen molar-refractivity contribution in [1.82, 2.24) is 0 Å². The summed E-state index contributed by atoms with van der Waals surface area (Å²) in [5, 5.41) is 0. The maximum atomic E-state index is 12.9. The lowest BCUT2D eigenvalue weighted by molar-refractivity contribution is 0.329. The van der Waals surface area contributed by atoms with Crippen molar-refractivity contribution in [3.8, 4) is 5.75 Å². The Labute approximate surface area is 82.7 Å². The van der Waals surface area contributed by atoms with Gasteiger partial charge in [-0.15, -0.1) is 0 Å². The fraction of sp³-hybridized carbons (Fsp3) is 0.455. The number of halogens is 2. The van der Waals surface area contributed by atoms with Gasteiger partial charge in [-0.2, -0.15) is 0 Å². The van der Waals surface area contributed by atoms with Gasteiger partial charge in [0.1, 0.15) is 11.6 Å². The number of alkyl halides is 1. The second kappa shape index (κ2) is 4.94. The highest BCUT2D eigenvalue weighted by molar-refractivity contribution is 5.36. The molecular formula is C11H14F2O. The molecule has 3 heteroatoms. The number of ether oxygens (including phenoxy) is 1. The van der Waals surface area contributed by atoms with Gasteiger partial charge in [0.25, 0.3) is 0 Å². The van der Waals surface area contributed by atoms with Crippen LogP contribution in [0.2, 0.25) is 0 Å². The Morgan fingerprint density at radius 2 is 2.14 bits per heavy atom. The summed E-state index contributed by atoms with van der Waals surface area (Å²) >= 11 is 0. The molecule has 1 nitrogen and oxygen atoms in total. The van der Waals surface area contributed by atoms with E-state index in [0.29, 0.717) is 17.9 Å². The highest BCUT2D eigenvalue weighted by Crippen LogP contribution is 2.27. The molecule has 0 spiro atoms. The number of hydrogen-bond donors (Lipinski definition) is 0. The summed E-state index contributed by atoms with van der Waals surface area (Å²) in [7, 11) is 0. The normalized spacial score (nSPS) is 12.6. The Morgan fingerprint density at radius 3 is 2.71 bits per heavy atom. The molecule has 0 aliphatic rings. The van der Waals surface area contributed by atoms with E-state index >= 15 is 0 Å². The average molecular weight is 200 g/mol. The van der Waals surface area contributed by atoms with Gasteiger partial charge in [0.05, 0.1) is 13.3 Å². The van der Waals surface area contributed by atoms with Gasteiger partial charge >= 0.3 is 0 Å². The SMILES string of the molecule is CCOc1ccc(F)cc1C(C)CF. The van der Waals surface area contributed by atoms with Crippen molar-refractivity contribution in [2.45, 2.75) is 19.8 Å². The third-order valence-electron chi connectivity index (χ3n) is 2.03. The molecule has 0 aliphatic heterocycles. The fourth-order valence-electron chi connectivity index (χ4n) is 1.27. The molecule has 0 saturated heterocycles. The van der Waals surface area contributed by atoms with Crippen molar-refractivity contribution in [1.29, 1.82) is 0 Å². The summed E-state index contributed by atoms with van der Waals surface area (Å²) in [6.45, 7) is 3.53. The molecule has 1 atom stereocenters. The lowest BCUT2D eigenvalue weighted by Crippen LogP contribution is -2.02. The van der Waals surface area contributed by atoms with Crippen molar-refractivity contribution in [2.24, 2.45) is 0 Å². The van der Waals surface area contributed by atoms with Crippen molar-refractivity contribution >= 4 is 0 Å². The van der Waals surface area contributed by atoms with E-state index in [4.69, 9.17) is 4.74 Å². The van der Waals surface area contributed by atoms with Crippen molar-refractivity contribution in [2.75, 3.05) is 13.3 Å². The van der Waals surface area contributed by atoms with E-state index in [2.05, 4.69) is 0 Å². The van der Waals surface area contributed by atoms with Gasteiger partial charge in [0, 0.05) is 11.5 Å². The summed E-state index contributed by atoms with van der Waals surface area (Å²) in [6.07, 6.45) is 0. The Morgan fingerprint density at radius 1 is 1.43 bits per heavy atom. The molecule has 0 aliphatic carbocycles. The van der Waals surface area contributed by atoms with E-state index in [-0.39, 0.29) is 11.7 Å².